The first-order valence-corrected chi connectivity index (χ1v) is 12.4. The molecule has 0 atom stereocenters. The lowest BCUT2D eigenvalue weighted by Crippen LogP contribution is -2.14. The standard InChI is InChI=1S/C26H23N5O3S/c1-18-8-14-22(15-9-18)35(32,33)30-24-23-26(28-17-27-24)31(16-19-6-4-3-5-7-19)25(29-23)20-10-12-21(34-2)13-11-20/h3-15,17H,16H2,1-2H3,(H,27,28,30). The fourth-order valence-electron chi connectivity index (χ4n) is 3.79. The molecule has 9 heteroatoms. The molecular formula is C26H23N5O3S. The zero-order valence-corrected chi connectivity index (χ0v) is 20.0. The van der Waals surface area contributed by atoms with Gasteiger partial charge in [-0.15, -0.1) is 0 Å². The zero-order valence-electron chi connectivity index (χ0n) is 19.2. The molecule has 0 radical (unpaired) electrons. The van der Waals surface area contributed by atoms with Crippen molar-refractivity contribution >= 4 is 27.0 Å². The van der Waals surface area contributed by atoms with E-state index in [1.807, 2.05) is 66.1 Å². The van der Waals surface area contributed by atoms with E-state index < -0.39 is 10.0 Å². The predicted octanol–water partition coefficient (Wildman–Crippen LogP) is 4.66. The van der Waals surface area contributed by atoms with Crippen molar-refractivity contribution in [2.75, 3.05) is 11.8 Å². The molecule has 0 saturated heterocycles. The van der Waals surface area contributed by atoms with Crippen molar-refractivity contribution in [2.24, 2.45) is 0 Å². The molecule has 3 aromatic carbocycles. The number of anilines is 1. The van der Waals surface area contributed by atoms with Gasteiger partial charge in [0.2, 0.25) is 0 Å². The van der Waals surface area contributed by atoms with Crippen molar-refractivity contribution in [2.45, 2.75) is 18.4 Å². The maximum absolute atomic E-state index is 13.1. The van der Waals surface area contributed by atoms with Crippen LogP contribution in [-0.4, -0.2) is 35.0 Å². The molecule has 0 aliphatic heterocycles. The van der Waals surface area contributed by atoms with E-state index in [1.165, 1.54) is 6.33 Å². The first-order chi connectivity index (χ1) is 16.9. The maximum Gasteiger partial charge on any atom is 0.263 e. The summed E-state index contributed by atoms with van der Waals surface area (Å²) in [4.78, 5) is 13.6. The Morgan fingerprint density at radius 3 is 2.31 bits per heavy atom. The number of hydrogen-bond acceptors (Lipinski definition) is 6. The van der Waals surface area contributed by atoms with Gasteiger partial charge in [0, 0.05) is 5.56 Å². The topological polar surface area (TPSA) is 99.0 Å². The summed E-state index contributed by atoms with van der Waals surface area (Å²) in [5, 5.41) is 0. The monoisotopic (exact) mass is 485 g/mol. The van der Waals surface area contributed by atoms with Gasteiger partial charge in [-0.3, -0.25) is 4.72 Å². The van der Waals surface area contributed by atoms with Crippen LogP contribution in [0.25, 0.3) is 22.6 Å². The molecule has 1 N–H and O–H groups in total. The molecule has 0 bridgehead atoms. The van der Waals surface area contributed by atoms with Gasteiger partial charge in [-0.05, 0) is 48.9 Å². The normalized spacial score (nSPS) is 11.5. The number of sulfonamides is 1. The average molecular weight is 486 g/mol. The van der Waals surface area contributed by atoms with Crippen LogP contribution in [0.1, 0.15) is 11.1 Å². The lowest BCUT2D eigenvalue weighted by atomic mass is 10.2. The summed E-state index contributed by atoms with van der Waals surface area (Å²) in [6.07, 6.45) is 1.34. The lowest BCUT2D eigenvalue weighted by Gasteiger charge is -2.10. The van der Waals surface area contributed by atoms with Crippen molar-refractivity contribution in [3.05, 3.63) is 96.3 Å². The molecule has 0 aliphatic carbocycles. The number of hydrogen-bond donors (Lipinski definition) is 1. The molecule has 0 saturated carbocycles. The Balaban J connectivity index is 1.63. The number of nitrogens with zero attached hydrogens (tertiary/aromatic N) is 4. The van der Waals surface area contributed by atoms with Crippen LogP contribution in [0.15, 0.2) is 90.1 Å². The van der Waals surface area contributed by atoms with Crippen LogP contribution in [0.3, 0.4) is 0 Å². The Bertz CT molecular complexity index is 1580. The summed E-state index contributed by atoms with van der Waals surface area (Å²) in [6, 6.07) is 24.1. The highest BCUT2D eigenvalue weighted by Gasteiger charge is 2.22. The van der Waals surface area contributed by atoms with E-state index in [9.17, 15) is 8.42 Å². The number of nitrogens with one attached hydrogen (secondary N) is 1. The molecule has 0 amide bonds. The van der Waals surface area contributed by atoms with E-state index in [1.54, 1.807) is 31.4 Å². The molecule has 5 rings (SSSR count). The van der Waals surface area contributed by atoms with Gasteiger partial charge in [0.05, 0.1) is 18.6 Å². The van der Waals surface area contributed by atoms with E-state index in [0.717, 1.165) is 22.4 Å². The van der Waals surface area contributed by atoms with E-state index in [-0.39, 0.29) is 10.7 Å². The Hall–Kier alpha value is -4.24. The number of imidazole rings is 1. The van der Waals surface area contributed by atoms with E-state index in [0.29, 0.717) is 23.5 Å². The molecular weight excluding hydrogens is 462 g/mol. The highest BCUT2D eigenvalue weighted by atomic mass is 32.2. The van der Waals surface area contributed by atoms with Crippen LogP contribution in [0, 0.1) is 6.92 Å². The Labute approximate surface area is 203 Å². The summed E-state index contributed by atoms with van der Waals surface area (Å²) in [5.74, 6) is 1.49. The average Bonchev–Trinajstić information content (AvgIpc) is 3.24. The summed E-state index contributed by atoms with van der Waals surface area (Å²) in [7, 11) is -2.25. The molecule has 0 aliphatic rings. The van der Waals surface area contributed by atoms with Gasteiger partial charge in [-0.1, -0.05) is 48.0 Å². The van der Waals surface area contributed by atoms with Gasteiger partial charge < -0.3 is 9.30 Å². The van der Waals surface area contributed by atoms with Crippen molar-refractivity contribution in [3.8, 4) is 17.1 Å². The quantitative estimate of drug-likeness (QED) is 0.360. The highest BCUT2D eigenvalue weighted by Crippen LogP contribution is 2.30. The second kappa shape index (κ2) is 9.19. The Morgan fingerprint density at radius 2 is 1.63 bits per heavy atom. The van der Waals surface area contributed by atoms with Crippen LogP contribution < -0.4 is 9.46 Å². The molecule has 176 valence electrons. The lowest BCUT2D eigenvalue weighted by molar-refractivity contribution is 0.415. The summed E-state index contributed by atoms with van der Waals surface area (Å²) in [6.45, 7) is 2.40. The zero-order chi connectivity index (χ0) is 24.4. The SMILES string of the molecule is COc1ccc(-c2nc3c(NS(=O)(=O)c4ccc(C)cc4)ncnc3n2Cc2ccccc2)cc1. The summed E-state index contributed by atoms with van der Waals surface area (Å²) in [5.41, 5.74) is 3.76. The van der Waals surface area contributed by atoms with Crippen molar-refractivity contribution in [1.82, 2.24) is 19.5 Å². The van der Waals surface area contributed by atoms with Gasteiger partial charge in [-0.25, -0.2) is 23.4 Å². The maximum atomic E-state index is 13.1. The van der Waals surface area contributed by atoms with Crippen molar-refractivity contribution < 1.29 is 13.2 Å². The fourth-order valence-corrected chi connectivity index (χ4v) is 4.81. The van der Waals surface area contributed by atoms with Gasteiger partial charge in [0.25, 0.3) is 10.0 Å². The first-order valence-electron chi connectivity index (χ1n) is 10.9. The van der Waals surface area contributed by atoms with Gasteiger partial charge in [0.15, 0.2) is 17.0 Å². The molecule has 2 heterocycles. The summed E-state index contributed by atoms with van der Waals surface area (Å²) >= 11 is 0. The molecule has 35 heavy (non-hydrogen) atoms. The van der Waals surface area contributed by atoms with Crippen LogP contribution in [-0.2, 0) is 16.6 Å². The number of benzene rings is 3. The number of aromatic nitrogens is 4. The highest BCUT2D eigenvalue weighted by molar-refractivity contribution is 7.92. The number of fused-ring (bicyclic) bond motifs is 1. The third kappa shape index (κ3) is 4.58. The van der Waals surface area contributed by atoms with Crippen molar-refractivity contribution in [1.29, 1.82) is 0 Å². The third-order valence-electron chi connectivity index (χ3n) is 5.63. The minimum atomic E-state index is -3.86. The van der Waals surface area contributed by atoms with Gasteiger partial charge in [0.1, 0.15) is 17.9 Å². The van der Waals surface area contributed by atoms with Crippen molar-refractivity contribution in [3.63, 3.8) is 0 Å². The van der Waals surface area contributed by atoms with E-state index in [4.69, 9.17) is 9.72 Å². The molecule has 8 nitrogen and oxygen atoms in total. The minimum Gasteiger partial charge on any atom is -0.497 e. The molecule has 2 aromatic heterocycles. The molecule has 0 fully saturated rings. The van der Waals surface area contributed by atoms with Gasteiger partial charge >= 0.3 is 0 Å². The number of aryl methyl sites for hydroxylation is 1. The Kier molecular flexibility index (Phi) is 5.92. The minimum absolute atomic E-state index is 0.122. The molecule has 5 aromatic rings. The molecule has 0 spiro atoms. The summed E-state index contributed by atoms with van der Waals surface area (Å²) < 4.78 is 36.0. The van der Waals surface area contributed by atoms with Crippen LogP contribution in [0.2, 0.25) is 0 Å². The van der Waals surface area contributed by atoms with Crippen LogP contribution in [0.5, 0.6) is 5.75 Å². The van der Waals surface area contributed by atoms with Crippen LogP contribution in [0.4, 0.5) is 5.82 Å². The first kappa shape index (κ1) is 22.5. The number of ether oxygens (including phenoxy) is 1. The predicted molar refractivity (Wildman–Crippen MR) is 135 cm³/mol. The second-order valence-electron chi connectivity index (χ2n) is 8.05. The van der Waals surface area contributed by atoms with E-state index >= 15 is 0 Å². The Morgan fingerprint density at radius 1 is 0.914 bits per heavy atom. The fraction of sp³-hybridized carbons (Fsp3) is 0.115. The third-order valence-corrected chi connectivity index (χ3v) is 6.98. The van der Waals surface area contributed by atoms with E-state index in [2.05, 4.69) is 14.7 Å². The number of rotatable bonds is 7. The van der Waals surface area contributed by atoms with Crippen LogP contribution >= 0.6 is 0 Å². The molecule has 0 unspecified atom stereocenters. The smallest absolute Gasteiger partial charge is 0.263 e. The van der Waals surface area contributed by atoms with Gasteiger partial charge in [-0.2, -0.15) is 0 Å². The number of methoxy groups -OCH3 is 1. The second-order valence-corrected chi connectivity index (χ2v) is 9.73. The largest absolute Gasteiger partial charge is 0.497 e.